The van der Waals surface area contributed by atoms with Gasteiger partial charge in [0.1, 0.15) is 17.2 Å². The molecule has 15 heteroatoms. The number of hydrogen-bond acceptors (Lipinski definition) is 10. The maximum Gasteiger partial charge on any atom is 0.293 e. The third-order valence-corrected chi connectivity index (χ3v) is 12.7. The Morgan fingerprint density at radius 2 is 1.75 bits per heavy atom. The van der Waals surface area contributed by atoms with Crippen molar-refractivity contribution in [1.29, 1.82) is 0 Å². The van der Waals surface area contributed by atoms with Crippen LogP contribution in [0.3, 0.4) is 0 Å². The molecule has 0 unspecified atom stereocenters. The molecule has 2 fully saturated rings. The third kappa shape index (κ3) is 9.90. The number of ether oxygens (including phenoxy) is 1. The standard InChI is InChI=1S/C42H46Cl2N6O6S/c1-42(2)16-14-29(37(25-42)28-6-8-30(43)9-7-28)27-48-18-20-49(21-19-48)33-10-12-36(40(23-33)56-34-5-3-4-31(44)22-34)41(51)47-57(54,55)35-11-13-38(39(24-35)50(52)53)46-32-15-17-45-26-32/h3-13,22-24,32,45-46H,14-21,25-27H2,1-2H3,(H,47,51)/t32-/m1/s1. The van der Waals surface area contributed by atoms with E-state index in [1.165, 1.54) is 34.9 Å². The fraction of sp³-hybridized carbons (Fsp3) is 0.357. The van der Waals surface area contributed by atoms with Crippen LogP contribution >= 0.6 is 23.2 Å². The number of hydrogen-bond donors (Lipinski definition) is 3. The summed E-state index contributed by atoms with van der Waals surface area (Å²) >= 11 is 12.5. The van der Waals surface area contributed by atoms with Gasteiger partial charge in [0.2, 0.25) is 0 Å². The molecule has 4 aromatic carbocycles. The van der Waals surface area contributed by atoms with Gasteiger partial charge in [-0.1, -0.05) is 60.8 Å². The Bertz CT molecular complexity index is 2290. The largest absolute Gasteiger partial charge is 0.456 e. The van der Waals surface area contributed by atoms with Crippen molar-refractivity contribution in [2.45, 2.75) is 50.5 Å². The lowest BCUT2D eigenvalue weighted by Gasteiger charge is -2.39. The number of nitrogens with zero attached hydrogens (tertiary/aromatic N) is 3. The van der Waals surface area contributed by atoms with E-state index in [0.29, 0.717) is 17.3 Å². The summed E-state index contributed by atoms with van der Waals surface area (Å²) in [4.78, 5) is 29.3. The van der Waals surface area contributed by atoms with Crippen molar-refractivity contribution in [3.63, 3.8) is 0 Å². The van der Waals surface area contributed by atoms with Gasteiger partial charge in [-0.05, 0) is 103 Å². The van der Waals surface area contributed by atoms with E-state index in [2.05, 4.69) is 51.1 Å². The number of carbonyl (C=O) groups is 1. The quantitative estimate of drug-likeness (QED) is 0.0940. The lowest BCUT2D eigenvalue weighted by Crippen LogP contribution is -2.47. The van der Waals surface area contributed by atoms with E-state index < -0.39 is 31.4 Å². The zero-order valence-corrected chi connectivity index (χ0v) is 34.2. The molecule has 7 rings (SSSR count). The molecule has 2 heterocycles. The fourth-order valence-electron chi connectivity index (χ4n) is 7.72. The summed E-state index contributed by atoms with van der Waals surface area (Å²) in [6.07, 6.45) is 3.97. The Morgan fingerprint density at radius 1 is 0.982 bits per heavy atom. The molecule has 1 amide bonds. The van der Waals surface area contributed by atoms with Crippen molar-refractivity contribution in [3.05, 3.63) is 122 Å². The third-order valence-electron chi connectivity index (χ3n) is 10.9. The predicted octanol–water partition coefficient (Wildman–Crippen LogP) is 8.37. The summed E-state index contributed by atoms with van der Waals surface area (Å²) in [6, 6.07) is 23.4. The van der Waals surface area contributed by atoms with Crippen molar-refractivity contribution in [1.82, 2.24) is 14.9 Å². The number of carbonyl (C=O) groups excluding carboxylic acids is 1. The van der Waals surface area contributed by atoms with Gasteiger partial charge in [-0.3, -0.25) is 19.8 Å². The number of rotatable bonds is 12. The van der Waals surface area contributed by atoms with E-state index in [9.17, 15) is 23.3 Å². The van der Waals surface area contributed by atoms with Crippen molar-refractivity contribution in [3.8, 4) is 11.5 Å². The zero-order valence-electron chi connectivity index (χ0n) is 31.9. The van der Waals surface area contributed by atoms with Crippen molar-refractivity contribution in [2.24, 2.45) is 5.41 Å². The first kappa shape index (κ1) is 40.5. The highest BCUT2D eigenvalue weighted by atomic mass is 35.5. The predicted molar refractivity (Wildman–Crippen MR) is 225 cm³/mol. The Morgan fingerprint density at radius 3 is 2.46 bits per heavy atom. The zero-order chi connectivity index (χ0) is 40.3. The Balaban J connectivity index is 1.09. The monoisotopic (exact) mass is 832 g/mol. The second kappa shape index (κ2) is 17.1. The molecule has 4 aromatic rings. The molecule has 3 aliphatic rings. The molecule has 2 aliphatic heterocycles. The van der Waals surface area contributed by atoms with Gasteiger partial charge >= 0.3 is 0 Å². The van der Waals surface area contributed by atoms with Crippen molar-refractivity contribution < 1.29 is 22.9 Å². The highest BCUT2D eigenvalue weighted by molar-refractivity contribution is 7.90. The number of benzene rings is 4. The van der Waals surface area contributed by atoms with Crippen LogP contribution in [0.5, 0.6) is 11.5 Å². The van der Waals surface area contributed by atoms with E-state index in [4.69, 9.17) is 27.9 Å². The molecule has 57 heavy (non-hydrogen) atoms. The van der Waals surface area contributed by atoms with E-state index in [1.807, 2.05) is 12.1 Å². The van der Waals surface area contributed by atoms with Crippen molar-refractivity contribution in [2.75, 3.05) is 56.0 Å². The number of nitrogens with one attached hydrogen (secondary N) is 3. The van der Waals surface area contributed by atoms with Crippen LogP contribution in [0.1, 0.15) is 55.5 Å². The molecule has 12 nitrogen and oxygen atoms in total. The van der Waals surface area contributed by atoms with Crippen LogP contribution < -0.4 is 25.0 Å². The maximum absolute atomic E-state index is 13.8. The van der Waals surface area contributed by atoms with Crippen LogP contribution in [0.15, 0.2) is 95.4 Å². The molecule has 3 N–H and O–H groups in total. The summed E-state index contributed by atoms with van der Waals surface area (Å²) in [5.41, 5.74) is 4.90. The van der Waals surface area contributed by atoms with E-state index >= 15 is 0 Å². The first-order valence-electron chi connectivity index (χ1n) is 19.1. The number of piperazine rings is 1. The SMILES string of the molecule is CC1(C)CCC(CN2CCN(c3ccc(C(=O)NS(=O)(=O)c4ccc(N[C@@H]5CCNC5)c([N+](=O)[O-])c4)c(Oc4cccc(Cl)c4)c3)CC2)=C(c2ccc(Cl)cc2)C1. The molecule has 0 saturated carbocycles. The summed E-state index contributed by atoms with van der Waals surface area (Å²) in [7, 11) is -4.53. The van der Waals surface area contributed by atoms with E-state index in [-0.39, 0.29) is 28.5 Å². The highest BCUT2D eigenvalue weighted by Crippen LogP contribution is 2.43. The molecular formula is C42H46Cl2N6O6S. The van der Waals surface area contributed by atoms with Crippen LogP contribution in [-0.2, 0) is 10.0 Å². The molecule has 0 bridgehead atoms. The molecular weight excluding hydrogens is 787 g/mol. The summed E-state index contributed by atoms with van der Waals surface area (Å²) in [5.74, 6) is -0.466. The Labute approximate surface area is 343 Å². The number of anilines is 2. The minimum absolute atomic E-state index is 0.0309. The van der Waals surface area contributed by atoms with Gasteiger partial charge in [0, 0.05) is 73.2 Å². The van der Waals surface area contributed by atoms with E-state index in [1.54, 1.807) is 36.4 Å². The van der Waals surface area contributed by atoms with Gasteiger partial charge < -0.3 is 20.3 Å². The van der Waals surface area contributed by atoms with Gasteiger partial charge in [-0.25, -0.2) is 13.1 Å². The number of sulfonamides is 1. The smallest absolute Gasteiger partial charge is 0.293 e. The molecule has 2 saturated heterocycles. The average molecular weight is 834 g/mol. The van der Waals surface area contributed by atoms with Crippen LogP contribution in [-0.4, -0.2) is 76.0 Å². The first-order valence-corrected chi connectivity index (χ1v) is 21.3. The van der Waals surface area contributed by atoms with Crippen LogP contribution in [0.25, 0.3) is 5.57 Å². The number of amides is 1. The molecule has 0 spiro atoms. The summed E-state index contributed by atoms with van der Waals surface area (Å²) in [6.45, 7) is 10.1. The lowest BCUT2D eigenvalue weighted by atomic mass is 9.72. The molecule has 0 aromatic heterocycles. The molecule has 1 atom stereocenters. The lowest BCUT2D eigenvalue weighted by molar-refractivity contribution is -0.384. The maximum atomic E-state index is 13.8. The Hall–Kier alpha value is -4.66. The number of halogens is 2. The number of nitro groups is 1. The molecule has 1 aliphatic carbocycles. The van der Waals surface area contributed by atoms with Gasteiger partial charge in [0.05, 0.1) is 15.4 Å². The van der Waals surface area contributed by atoms with Gasteiger partial charge in [-0.2, -0.15) is 0 Å². The van der Waals surface area contributed by atoms with Gasteiger partial charge in [0.25, 0.3) is 21.6 Å². The summed E-state index contributed by atoms with van der Waals surface area (Å²) < 4.78 is 35.4. The van der Waals surface area contributed by atoms with E-state index in [0.717, 1.165) is 81.7 Å². The van der Waals surface area contributed by atoms with Gasteiger partial charge in [0.15, 0.2) is 0 Å². The fourth-order valence-corrected chi connectivity index (χ4v) is 9.01. The normalized spacial score (nSPS) is 18.7. The second-order valence-electron chi connectivity index (χ2n) is 15.6. The minimum atomic E-state index is -4.53. The number of nitro benzene ring substituents is 1. The molecule has 0 radical (unpaired) electrons. The number of allylic oxidation sites excluding steroid dienone is 1. The Kier molecular flexibility index (Phi) is 12.1. The summed E-state index contributed by atoms with van der Waals surface area (Å²) in [5, 5.41) is 19.4. The highest BCUT2D eigenvalue weighted by Gasteiger charge is 2.31. The van der Waals surface area contributed by atoms with Crippen molar-refractivity contribution >= 4 is 61.8 Å². The molecule has 300 valence electrons. The minimum Gasteiger partial charge on any atom is -0.456 e. The second-order valence-corrected chi connectivity index (χ2v) is 18.2. The average Bonchev–Trinajstić information content (AvgIpc) is 3.69. The van der Waals surface area contributed by atoms with Crippen LogP contribution in [0.2, 0.25) is 10.0 Å². The van der Waals surface area contributed by atoms with Crippen LogP contribution in [0, 0.1) is 15.5 Å². The first-order chi connectivity index (χ1) is 27.2. The van der Waals surface area contributed by atoms with Gasteiger partial charge in [-0.15, -0.1) is 0 Å². The topological polar surface area (TPSA) is 146 Å². The van der Waals surface area contributed by atoms with Crippen LogP contribution in [0.4, 0.5) is 17.1 Å².